The van der Waals surface area contributed by atoms with E-state index < -0.39 is 11.7 Å². The van der Waals surface area contributed by atoms with Crippen molar-refractivity contribution < 1.29 is 14.3 Å². The summed E-state index contributed by atoms with van der Waals surface area (Å²) in [6.07, 6.45) is 1.00. The minimum absolute atomic E-state index is 0.0198. The van der Waals surface area contributed by atoms with Gasteiger partial charge in [0.2, 0.25) is 5.91 Å². The SMILES string of the molecule is Cc1cc[nH]c(=O)c1CC(=O)NCc1cc(Cl)ccc1CNC(=O)OC(C)(C)C. The van der Waals surface area contributed by atoms with Gasteiger partial charge in [0, 0.05) is 29.9 Å². The lowest BCUT2D eigenvalue weighted by molar-refractivity contribution is -0.120. The second kappa shape index (κ2) is 9.60. The first kappa shape index (κ1) is 22.5. The Morgan fingerprint density at radius 2 is 1.79 bits per heavy atom. The van der Waals surface area contributed by atoms with Crippen LogP contribution in [0.25, 0.3) is 0 Å². The van der Waals surface area contributed by atoms with Crippen molar-refractivity contribution in [2.45, 2.75) is 52.8 Å². The summed E-state index contributed by atoms with van der Waals surface area (Å²) in [5.74, 6) is -0.282. The monoisotopic (exact) mass is 419 g/mol. The molecule has 2 amide bonds. The van der Waals surface area contributed by atoms with E-state index in [9.17, 15) is 14.4 Å². The van der Waals surface area contributed by atoms with Gasteiger partial charge < -0.3 is 20.4 Å². The number of carbonyl (C=O) groups excluding carboxylic acids is 2. The number of carbonyl (C=O) groups is 2. The molecule has 0 atom stereocenters. The molecule has 1 aromatic carbocycles. The number of pyridine rings is 1. The van der Waals surface area contributed by atoms with E-state index in [-0.39, 0.29) is 31.0 Å². The number of rotatable bonds is 6. The summed E-state index contributed by atoms with van der Waals surface area (Å²) >= 11 is 6.08. The number of H-pyrrole nitrogens is 1. The molecule has 0 saturated heterocycles. The first-order chi connectivity index (χ1) is 13.5. The topological polar surface area (TPSA) is 100 Å². The minimum atomic E-state index is -0.589. The predicted molar refractivity (Wildman–Crippen MR) is 112 cm³/mol. The predicted octanol–water partition coefficient (Wildman–Crippen LogP) is 3.22. The third kappa shape index (κ3) is 7.27. The van der Waals surface area contributed by atoms with E-state index in [1.54, 1.807) is 58.2 Å². The molecular formula is C21H26ClN3O4. The first-order valence-electron chi connectivity index (χ1n) is 9.23. The maximum absolute atomic E-state index is 12.3. The second-order valence-electron chi connectivity index (χ2n) is 7.69. The highest BCUT2D eigenvalue weighted by Gasteiger charge is 2.16. The molecule has 0 aliphatic carbocycles. The molecule has 0 aliphatic heterocycles. The van der Waals surface area contributed by atoms with Gasteiger partial charge in [0.05, 0.1) is 6.42 Å². The van der Waals surface area contributed by atoms with E-state index in [4.69, 9.17) is 16.3 Å². The maximum Gasteiger partial charge on any atom is 0.407 e. The summed E-state index contributed by atoms with van der Waals surface area (Å²) in [5, 5.41) is 6.02. The van der Waals surface area contributed by atoms with Crippen molar-refractivity contribution >= 4 is 23.6 Å². The van der Waals surface area contributed by atoms with Gasteiger partial charge in [0.15, 0.2) is 0 Å². The number of ether oxygens (including phenoxy) is 1. The average molecular weight is 420 g/mol. The molecule has 8 heteroatoms. The van der Waals surface area contributed by atoms with E-state index in [0.29, 0.717) is 10.6 Å². The molecule has 0 radical (unpaired) electrons. The molecule has 7 nitrogen and oxygen atoms in total. The highest BCUT2D eigenvalue weighted by molar-refractivity contribution is 6.30. The number of halogens is 1. The first-order valence-corrected chi connectivity index (χ1v) is 9.61. The molecule has 0 spiro atoms. The number of aromatic nitrogens is 1. The molecule has 1 heterocycles. The van der Waals surface area contributed by atoms with Gasteiger partial charge >= 0.3 is 6.09 Å². The van der Waals surface area contributed by atoms with E-state index in [1.165, 1.54) is 0 Å². The van der Waals surface area contributed by atoms with Gasteiger partial charge in [-0.2, -0.15) is 0 Å². The molecule has 1 aromatic heterocycles. The van der Waals surface area contributed by atoms with Crippen LogP contribution in [-0.4, -0.2) is 22.6 Å². The zero-order valence-corrected chi connectivity index (χ0v) is 17.8. The Labute approximate surface area is 174 Å². The standard InChI is InChI=1S/C21H26ClN3O4/c1-13-7-8-23-19(27)17(13)10-18(26)24-12-15-9-16(22)6-5-14(15)11-25-20(28)29-21(2,3)4/h5-9H,10-12H2,1-4H3,(H,23,27)(H,24,26)(H,25,28). The molecule has 2 aromatic rings. The smallest absolute Gasteiger partial charge is 0.407 e. The molecule has 2 rings (SSSR count). The fourth-order valence-corrected chi connectivity index (χ4v) is 2.85. The van der Waals surface area contributed by atoms with Crippen LogP contribution in [0.4, 0.5) is 4.79 Å². The summed E-state index contributed by atoms with van der Waals surface area (Å²) in [7, 11) is 0. The Bertz CT molecular complexity index is 948. The average Bonchev–Trinajstić information content (AvgIpc) is 2.61. The van der Waals surface area contributed by atoms with Crippen LogP contribution in [0.1, 0.15) is 43.0 Å². The summed E-state index contributed by atoms with van der Waals surface area (Å²) < 4.78 is 5.23. The number of nitrogens with one attached hydrogen (secondary N) is 3. The summed E-state index contributed by atoms with van der Waals surface area (Å²) in [4.78, 5) is 38.7. The highest BCUT2D eigenvalue weighted by Crippen LogP contribution is 2.17. The normalized spacial score (nSPS) is 11.1. The van der Waals surface area contributed by atoms with Crippen molar-refractivity contribution in [1.82, 2.24) is 15.6 Å². The lowest BCUT2D eigenvalue weighted by Gasteiger charge is -2.20. The number of benzene rings is 1. The Morgan fingerprint density at radius 1 is 1.10 bits per heavy atom. The van der Waals surface area contributed by atoms with Gasteiger partial charge in [0.1, 0.15) is 5.60 Å². The van der Waals surface area contributed by atoms with Crippen LogP contribution in [0.3, 0.4) is 0 Å². The van der Waals surface area contributed by atoms with Gasteiger partial charge in [-0.3, -0.25) is 9.59 Å². The van der Waals surface area contributed by atoms with Crippen molar-refractivity contribution in [2.75, 3.05) is 0 Å². The fraction of sp³-hybridized carbons (Fsp3) is 0.381. The van der Waals surface area contributed by atoms with Crippen molar-refractivity contribution in [3.63, 3.8) is 0 Å². The molecule has 0 saturated carbocycles. The summed E-state index contributed by atoms with van der Waals surface area (Å²) in [6.45, 7) is 7.60. The Balaban J connectivity index is 2.01. The fourth-order valence-electron chi connectivity index (χ4n) is 2.66. The van der Waals surface area contributed by atoms with Gasteiger partial charge in [0.25, 0.3) is 5.56 Å². The van der Waals surface area contributed by atoms with Crippen LogP contribution in [-0.2, 0) is 29.0 Å². The van der Waals surface area contributed by atoms with E-state index >= 15 is 0 Å². The summed E-state index contributed by atoms with van der Waals surface area (Å²) in [6, 6.07) is 6.98. The van der Waals surface area contributed by atoms with Crippen LogP contribution >= 0.6 is 11.6 Å². The van der Waals surface area contributed by atoms with Gasteiger partial charge in [-0.1, -0.05) is 17.7 Å². The summed E-state index contributed by atoms with van der Waals surface area (Å²) in [5.41, 5.74) is 1.89. The third-order valence-electron chi connectivity index (χ3n) is 4.10. The molecule has 3 N–H and O–H groups in total. The van der Waals surface area contributed by atoms with Crippen LogP contribution in [0.2, 0.25) is 5.02 Å². The number of amides is 2. The minimum Gasteiger partial charge on any atom is -0.444 e. The third-order valence-corrected chi connectivity index (χ3v) is 4.34. The lowest BCUT2D eigenvalue weighted by atomic mass is 10.1. The van der Waals surface area contributed by atoms with Crippen LogP contribution in [0, 0.1) is 6.92 Å². The van der Waals surface area contributed by atoms with Crippen molar-refractivity contribution in [3.05, 3.63) is 68.1 Å². The van der Waals surface area contributed by atoms with Gasteiger partial charge in [-0.15, -0.1) is 0 Å². The quantitative estimate of drug-likeness (QED) is 0.669. The molecule has 0 bridgehead atoms. The van der Waals surface area contributed by atoms with E-state index in [2.05, 4.69) is 15.6 Å². The van der Waals surface area contributed by atoms with Crippen LogP contribution in [0.5, 0.6) is 0 Å². The zero-order valence-electron chi connectivity index (χ0n) is 17.0. The lowest BCUT2D eigenvalue weighted by Crippen LogP contribution is -2.32. The number of hydrogen-bond acceptors (Lipinski definition) is 4. The number of aryl methyl sites for hydroxylation is 1. The van der Waals surface area contributed by atoms with Gasteiger partial charge in [-0.05, 0) is 62.6 Å². The van der Waals surface area contributed by atoms with Crippen molar-refractivity contribution in [3.8, 4) is 0 Å². The van der Waals surface area contributed by atoms with Crippen molar-refractivity contribution in [1.29, 1.82) is 0 Å². The number of aromatic amines is 1. The maximum atomic E-state index is 12.3. The van der Waals surface area contributed by atoms with E-state index in [0.717, 1.165) is 16.7 Å². The van der Waals surface area contributed by atoms with Gasteiger partial charge in [-0.25, -0.2) is 4.79 Å². The number of alkyl carbamates (subject to hydrolysis) is 1. The Kier molecular flexibility index (Phi) is 7.45. The molecular weight excluding hydrogens is 394 g/mol. The molecule has 0 unspecified atom stereocenters. The number of hydrogen-bond donors (Lipinski definition) is 3. The largest absolute Gasteiger partial charge is 0.444 e. The van der Waals surface area contributed by atoms with Crippen LogP contribution in [0.15, 0.2) is 35.3 Å². The van der Waals surface area contributed by atoms with Crippen molar-refractivity contribution in [2.24, 2.45) is 0 Å². The Morgan fingerprint density at radius 3 is 2.45 bits per heavy atom. The van der Waals surface area contributed by atoms with Crippen LogP contribution < -0.4 is 16.2 Å². The highest BCUT2D eigenvalue weighted by atomic mass is 35.5. The Hall–Kier alpha value is -2.80. The molecule has 0 aliphatic rings. The second-order valence-corrected chi connectivity index (χ2v) is 8.13. The van der Waals surface area contributed by atoms with E-state index in [1.807, 2.05) is 0 Å². The molecule has 29 heavy (non-hydrogen) atoms. The zero-order chi connectivity index (χ0) is 21.6. The molecule has 0 fully saturated rings. The molecule has 156 valence electrons.